The Morgan fingerprint density at radius 1 is 1.25 bits per heavy atom. The molecule has 0 unspecified atom stereocenters. The molecule has 1 aromatic carbocycles. The van der Waals surface area contributed by atoms with E-state index in [9.17, 15) is 4.79 Å². The van der Waals surface area contributed by atoms with Gasteiger partial charge in [0.25, 0.3) is 0 Å². The molecule has 0 saturated carbocycles. The number of hydrogen-bond donors (Lipinski definition) is 1. The van der Waals surface area contributed by atoms with Gasteiger partial charge in [-0.2, -0.15) is 0 Å². The van der Waals surface area contributed by atoms with Crippen LogP contribution >= 0.6 is 11.6 Å². The Morgan fingerprint density at radius 3 is 2.65 bits per heavy atom. The second-order valence-electron chi connectivity index (χ2n) is 5.35. The third-order valence-corrected chi connectivity index (χ3v) is 3.98. The lowest BCUT2D eigenvalue weighted by molar-refractivity contribution is -0.120. The Morgan fingerprint density at radius 2 is 1.95 bits per heavy atom. The summed E-state index contributed by atoms with van der Waals surface area (Å²) in [4.78, 5) is 11.8. The molecule has 1 heterocycles. The van der Waals surface area contributed by atoms with E-state index in [0.29, 0.717) is 11.4 Å². The summed E-state index contributed by atoms with van der Waals surface area (Å²) >= 11 is 5.81. The zero-order valence-electron chi connectivity index (χ0n) is 11.7. The smallest absolute Gasteiger partial charge is 0.224 e. The van der Waals surface area contributed by atoms with Gasteiger partial charge in [-0.1, -0.05) is 23.7 Å². The molecule has 1 saturated heterocycles. The van der Waals surface area contributed by atoms with Crippen molar-refractivity contribution in [3.8, 4) is 0 Å². The first kappa shape index (κ1) is 15.3. The molecule has 1 aromatic rings. The number of hydrogen-bond acceptors (Lipinski definition) is 2. The maximum atomic E-state index is 11.8. The van der Waals surface area contributed by atoms with E-state index in [1.54, 1.807) is 0 Å². The largest absolute Gasteiger partial charge is 0.381 e. The first-order valence-corrected chi connectivity index (χ1v) is 7.71. The molecule has 110 valence electrons. The van der Waals surface area contributed by atoms with Crippen LogP contribution in [0.4, 0.5) is 0 Å². The third-order valence-electron chi connectivity index (χ3n) is 3.73. The fourth-order valence-corrected chi connectivity index (χ4v) is 2.63. The van der Waals surface area contributed by atoms with Crippen molar-refractivity contribution in [3.63, 3.8) is 0 Å². The van der Waals surface area contributed by atoms with Crippen molar-refractivity contribution in [1.82, 2.24) is 5.32 Å². The van der Waals surface area contributed by atoms with E-state index < -0.39 is 0 Å². The highest BCUT2D eigenvalue weighted by molar-refractivity contribution is 6.30. The highest BCUT2D eigenvalue weighted by atomic mass is 35.5. The van der Waals surface area contributed by atoms with E-state index >= 15 is 0 Å². The van der Waals surface area contributed by atoms with Crippen LogP contribution in [0.2, 0.25) is 5.02 Å². The summed E-state index contributed by atoms with van der Waals surface area (Å²) in [7, 11) is 0. The second kappa shape index (κ2) is 8.28. The van der Waals surface area contributed by atoms with Gasteiger partial charge in [0.1, 0.15) is 0 Å². The monoisotopic (exact) mass is 295 g/mol. The SMILES string of the molecule is O=C(Cc1ccc(Cl)cc1)NCCCC1CCOCC1. The maximum absolute atomic E-state index is 11.8. The van der Waals surface area contributed by atoms with Crippen LogP contribution < -0.4 is 5.32 Å². The summed E-state index contributed by atoms with van der Waals surface area (Å²) < 4.78 is 5.34. The molecule has 0 atom stereocenters. The highest BCUT2D eigenvalue weighted by Crippen LogP contribution is 2.19. The molecule has 2 rings (SSSR count). The first-order chi connectivity index (χ1) is 9.74. The molecule has 0 bridgehead atoms. The van der Waals surface area contributed by atoms with Crippen LogP contribution in [-0.4, -0.2) is 25.7 Å². The molecule has 0 spiro atoms. The molecule has 4 heteroatoms. The Labute approximate surface area is 125 Å². The summed E-state index contributed by atoms with van der Waals surface area (Å²) in [5, 5.41) is 3.68. The molecule has 0 aliphatic carbocycles. The molecule has 0 radical (unpaired) electrons. The molecular weight excluding hydrogens is 274 g/mol. The predicted octanol–water partition coefficient (Wildman–Crippen LogP) is 3.21. The van der Waals surface area contributed by atoms with E-state index in [0.717, 1.165) is 37.7 Å². The van der Waals surface area contributed by atoms with Crippen molar-refractivity contribution in [2.24, 2.45) is 5.92 Å². The Kier molecular flexibility index (Phi) is 6.34. The van der Waals surface area contributed by atoms with Crippen LogP contribution in [0.1, 0.15) is 31.2 Å². The second-order valence-corrected chi connectivity index (χ2v) is 5.79. The average Bonchev–Trinajstić information content (AvgIpc) is 2.47. The standard InChI is InChI=1S/C16H22ClNO2/c17-15-5-3-14(4-6-15)12-16(19)18-9-1-2-13-7-10-20-11-8-13/h3-6,13H,1-2,7-12H2,(H,18,19). The van der Waals surface area contributed by atoms with Crippen molar-refractivity contribution < 1.29 is 9.53 Å². The average molecular weight is 296 g/mol. The van der Waals surface area contributed by atoms with Crippen LogP contribution in [0.3, 0.4) is 0 Å². The van der Waals surface area contributed by atoms with Crippen molar-refractivity contribution in [1.29, 1.82) is 0 Å². The molecule has 1 amide bonds. The first-order valence-electron chi connectivity index (χ1n) is 7.33. The molecule has 20 heavy (non-hydrogen) atoms. The van der Waals surface area contributed by atoms with Gasteiger partial charge in [0.2, 0.25) is 5.91 Å². The van der Waals surface area contributed by atoms with Crippen molar-refractivity contribution in [2.45, 2.75) is 32.1 Å². The minimum absolute atomic E-state index is 0.0827. The quantitative estimate of drug-likeness (QED) is 0.819. The van der Waals surface area contributed by atoms with Crippen LogP contribution in [0.5, 0.6) is 0 Å². The summed E-state index contributed by atoms with van der Waals surface area (Å²) in [6.45, 7) is 2.56. The van der Waals surface area contributed by atoms with Gasteiger partial charge in [0.15, 0.2) is 0 Å². The molecule has 1 fully saturated rings. The van der Waals surface area contributed by atoms with E-state index in [4.69, 9.17) is 16.3 Å². The number of nitrogens with one attached hydrogen (secondary N) is 1. The predicted molar refractivity (Wildman–Crippen MR) is 80.9 cm³/mol. The fourth-order valence-electron chi connectivity index (χ4n) is 2.50. The van der Waals surface area contributed by atoms with Crippen LogP contribution in [0, 0.1) is 5.92 Å². The summed E-state index contributed by atoms with van der Waals surface area (Å²) in [6, 6.07) is 7.42. The molecule has 0 aromatic heterocycles. The lowest BCUT2D eigenvalue weighted by atomic mass is 9.95. The highest BCUT2D eigenvalue weighted by Gasteiger charge is 2.13. The van der Waals surface area contributed by atoms with E-state index in [1.807, 2.05) is 24.3 Å². The molecule has 1 N–H and O–H groups in total. The number of halogens is 1. The number of carbonyl (C=O) groups excluding carboxylic acids is 1. The van der Waals surface area contributed by atoms with Crippen LogP contribution in [-0.2, 0) is 16.0 Å². The van der Waals surface area contributed by atoms with Crippen LogP contribution in [0.15, 0.2) is 24.3 Å². The van der Waals surface area contributed by atoms with Gasteiger partial charge >= 0.3 is 0 Å². The zero-order chi connectivity index (χ0) is 14.2. The molecular formula is C16H22ClNO2. The summed E-state index contributed by atoms with van der Waals surface area (Å²) in [6.07, 6.45) is 4.99. The van der Waals surface area contributed by atoms with Gasteiger partial charge in [0.05, 0.1) is 6.42 Å². The lowest BCUT2D eigenvalue weighted by Gasteiger charge is -2.21. The lowest BCUT2D eigenvalue weighted by Crippen LogP contribution is -2.26. The number of ether oxygens (including phenoxy) is 1. The zero-order valence-corrected chi connectivity index (χ0v) is 12.5. The third kappa shape index (κ3) is 5.51. The Hall–Kier alpha value is -1.06. The Balaban J connectivity index is 1.59. The van der Waals surface area contributed by atoms with E-state index in [-0.39, 0.29) is 5.91 Å². The van der Waals surface area contributed by atoms with Gasteiger partial charge in [-0.25, -0.2) is 0 Å². The minimum atomic E-state index is 0.0827. The maximum Gasteiger partial charge on any atom is 0.224 e. The number of carbonyl (C=O) groups is 1. The van der Waals surface area contributed by atoms with Gasteiger partial charge in [0, 0.05) is 24.8 Å². The van der Waals surface area contributed by atoms with Crippen molar-refractivity contribution in [3.05, 3.63) is 34.9 Å². The van der Waals surface area contributed by atoms with Crippen LogP contribution in [0.25, 0.3) is 0 Å². The number of rotatable bonds is 6. The molecule has 3 nitrogen and oxygen atoms in total. The normalized spacial score (nSPS) is 16.1. The minimum Gasteiger partial charge on any atom is -0.381 e. The van der Waals surface area contributed by atoms with Gasteiger partial charge in [-0.15, -0.1) is 0 Å². The van der Waals surface area contributed by atoms with Gasteiger partial charge in [-0.3, -0.25) is 4.79 Å². The molecule has 1 aliphatic heterocycles. The summed E-state index contributed by atoms with van der Waals surface area (Å²) in [5.74, 6) is 0.858. The van der Waals surface area contributed by atoms with E-state index in [1.165, 1.54) is 19.3 Å². The van der Waals surface area contributed by atoms with Gasteiger partial charge in [-0.05, 0) is 49.3 Å². The number of amides is 1. The topological polar surface area (TPSA) is 38.3 Å². The number of benzene rings is 1. The fraction of sp³-hybridized carbons (Fsp3) is 0.562. The van der Waals surface area contributed by atoms with Crippen molar-refractivity contribution >= 4 is 17.5 Å². The van der Waals surface area contributed by atoms with Crippen molar-refractivity contribution in [2.75, 3.05) is 19.8 Å². The Bertz CT molecular complexity index is 413. The van der Waals surface area contributed by atoms with E-state index in [2.05, 4.69) is 5.32 Å². The van der Waals surface area contributed by atoms with Gasteiger partial charge < -0.3 is 10.1 Å². The summed E-state index contributed by atoms with van der Waals surface area (Å²) in [5.41, 5.74) is 0.997. The molecule has 1 aliphatic rings.